The number of hydrogen-bond acceptors (Lipinski definition) is 7. The Balaban J connectivity index is 1.79. The summed E-state index contributed by atoms with van der Waals surface area (Å²) in [6.07, 6.45) is 3.94. The van der Waals surface area contributed by atoms with Crippen molar-refractivity contribution >= 4 is 50.7 Å². The summed E-state index contributed by atoms with van der Waals surface area (Å²) in [4.78, 5) is 40.4. The molecule has 0 unspecified atom stereocenters. The van der Waals surface area contributed by atoms with Gasteiger partial charge < -0.3 is 29.4 Å². The van der Waals surface area contributed by atoms with E-state index in [0.717, 1.165) is 41.5 Å². The summed E-state index contributed by atoms with van der Waals surface area (Å²) in [5.74, 6) is -0.148. The van der Waals surface area contributed by atoms with Crippen molar-refractivity contribution in [1.29, 1.82) is 0 Å². The van der Waals surface area contributed by atoms with Crippen LogP contribution in [-0.2, 0) is 33.7 Å². The SMILES string of the molecule is CCOC(=O)c1c(NC(C)=O)c2c3c(sc2n1CC(=O)Nc1cc(OC)cc(OC)c1)CCCC3. The minimum absolute atomic E-state index is 0.136. The molecule has 3 aromatic rings. The Labute approximate surface area is 207 Å². The van der Waals surface area contributed by atoms with E-state index < -0.39 is 5.97 Å². The van der Waals surface area contributed by atoms with E-state index in [1.807, 2.05) is 0 Å². The van der Waals surface area contributed by atoms with Crippen molar-refractivity contribution in [3.05, 3.63) is 34.3 Å². The summed E-state index contributed by atoms with van der Waals surface area (Å²) in [7, 11) is 3.06. The zero-order chi connectivity index (χ0) is 25.1. The van der Waals surface area contributed by atoms with Crippen molar-refractivity contribution < 1.29 is 28.6 Å². The Morgan fingerprint density at radius 2 is 1.71 bits per heavy atom. The number of carbonyl (C=O) groups is 3. The molecule has 0 atom stereocenters. The highest BCUT2D eigenvalue weighted by atomic mass is 32.1. The van der Waals surface area contributed by atoms with Crippen LogP contribution in [0.5, 0.6) is 11.5 Å². The molecule has 1 aliphatic rings. The van der Waals surface area contributed by atoms with E-state index >= 15 is 0 Å². The van der Waals surface area contributed by atoms with Gasteiger partial charge >= 0.3 is 5.97 Å². The van der Waals surface area contributed by atoms with E-state index in [0.29, 0.717) is 22.9 Å². The van der Waals surface area contributed by atoms with Gasteiger partial charge in [0.25, 0.3) is 0 Å². The third-order valence-electron chi connectivity index (χ3n) is 5.86. The number of anilines is 2. The maximum atomic E-state index is 13.2. The third kappa shape index (κ3) is 4.97. The smallest absolute Gasteiger partial charge is 0.357 e. The zero-order valence-electron chi connectivity index (χ0n) is 20.3. The maximum Gasteiger partial charge on any atom is 0.357 e. The molecular formula is C25H29N3O6S. The molecule has 9 nitrogen and oxygen atoms in total. The fourth-order valence-corrected chi connectivity index (χ4v) is 5.84. The number of methoxy groups -OCH3 is 2. The van der Waals surface area contributed by atoms with Gasteiger partial charge in [-0.2, -0.15) is 0 Å². The number of nitrogens with one attached hydrogen (secondary N) is 2. The van der Waals surface area contributed by atoms with E-state index in [4.69, 9.17) is 14.2 Å². The number of ether oxygens (including phenoxy) is 3. The number of benzene rings is 1. The van der Waals surface area contributed by atoms with Gasteiger partial charge in [-0.15, -0.1) is 11.3 Å². The number of nitrogens with zero attached hydrogens (tertiary/aromatic N) is 1. The molecule has 0 saturated heterocycles. The standard InChI is InChI=1S/C25H29N3O6S/c1-5-34-25(31)23-22(26-14(2)29)21-18-8-6-7-9-19(18)35-24(21)28(23)13-20(30)27-15-10-16(32-3)12-17(11-15)33-4/h10-12H,5-9,13H2,1-4H3,(H,26,29)(H,27,30). The molecule has 0 spiro atoms. The van der Waals surface area contributed by atoms with Crippen LogP contribution in [0.3, 0.4) is 0 Å². The largest absolute Gasteiger partial charge is 0.497 e. The lowest BCUT2D eigenvalue weighted by atomic mass is 9.96. The number of hydrogen-bond donors (Lipinski definition) is 2. The van der Waals surface area contributed by atoms with Gasteiger partial charge in [0.05, 0.1) is 26.5 Å². The second kappa shape index (κ2) is 10.4. The molecule has 2 aromatic heterocycles. The lowest BCUT2D eigenvalue weighted by molar-refractivity contribution is -0.116. The number of esters is 1. The average Bonchev–Trinajstić information content (AvgIpc) is 3.34. The van der Waals surface area contributed by atoms with Crippen LogP contribution in [-0.4, -0.2) is 43.2 Å². The average molecular weight is 500 g/mol. The molecule has 0 radical (unpaired) electrons. The Kier molecular flexibility index (Phi) is 7.30. The first-order valence-electron chi connectivity index (χ1n) is 11.5. The van der Waals surface area contributed by atoms with E-state index in [1.54, 1.807) is 41.0 Å². The molecular weight excluding hydrogens is 470 g/mol. The molecule has 2 N–H and O–H groups in total. The Bertz CT molecular complexity index is 1270. The molecule has 186 valence electrons. The van der Waals surface area contributed by atoms with Crippen molar-refractivity contribution in [1.82, 2.24) is 4.57 Å². The number of thiophene rings is 1. The van der Waals surface area contributed by atoms with E-state index in [1.165, 1.54) is 26.0 Å². The van der Waals surface area contributed by atoms with Crippen LogP contribution in [0.15, 0.2) is 18.2 Å². The first-order valence-corrected chi connectivity index (χ1v) is 12.3. The van der Waals surface area contributed by atoms with Gasteiger partial charge in [-0.25, -0.2) is 4.79 Å². The van der Waals surface area contributed by atoms with Gasteiger partial charge in [0, 0.05) is 41.1 Å². The highest BCUT2D eigenvalue weighted by Gasteiger charge is 2.31. The molecule has 0 saturated carbocycles. The van der Waals surface area contributed by atoms with E-state index in [2.05, 4.69) is 10.6 Å². The van der Waals surface area contributed by atoms with Gasteiger partial charge in [-0.3, -0.25) is 9.59 Å². The molecule has 2 amide bonds. The Hall–Kier alpha value is -3.53. The van der Waals surface area contributed by atoms with Crippen LogP contribution in [0.4, 0.5) is 11.4 Å². The van der Waals surface area contributed by atoms with Crippen LogP contribution >= 0.6 is 11.3 Å². The van der Waals surface area contributed by atoms with Crippen molar-refractivity contribution in [2.75, 3.05) is 31.5 Å². The number of amides is 2. The summed E-state index contributed by atoms with van der Waals surface area (Å²) in [5, 5.41) is 6.54. The summed E-state index contributed by atoms with van der Waals surface area (Å²) < 4.78 is 17.5. The second-order valence-corrected chi connectivity index (χ2v) is 9.34. The lowest BCUT2D eigenvalue weighted by Gasteiger charge is -2.14. The summed E-state index contributed by atoms with van der Waals surface area (Å²) >= 11 is 1.57. The first-order chi connectivity index (χ1) is 16.9. The first kappa shape index (κ1) is 24.6. The Morgan fingerprint density at radius 3 is 2.34 bits per heavy atom. The fourth-order valence-electron chi connectivity index (χ4n) is 4.44. The zero-order valence-corrected chi connectivity index (χ0v) is 21.1. The minimum Gasteiger partial charge on any atom is -0.497 e. The number of rotatable bonds is 8. The normalized spacial score (nSPS) is 12.7. The van der Waals surface area contributed by atoms with Crippen molar-refractivity contribution in [2.24, 2.45) is 0 Å². The predicted octanol–water partition coefficient (Wildman–Crippen LogP) is 4.37. The molecule has 10 heteroatoms. The number of carbonyl (C=O) groups excluding carboxylic acids is 3. The van der Waals surface area contributed by atoms with Crippen molar-refractivity contribution in [3.8, 4) is 11.5 Å². The number of aryl methyl sites for hydroxylation is 2. The van der Waals surface area contributed by atoms with Crippen LogP contribution < -0.4 is 20.1 Å². The quantitative estimate of drug-likeness (QED) is 0.446. The number of aromatic nitrogens is 1. The van der Waals surface area contributed by atoms with Crippen molar-refractivity contribution in [2.45, 2.75) is 46.1 Å². The molecule has 4 rings (SSSR count). The predicted molar refractivity (Wildman–Crippen MR) is 135 cm³/mol. The van der Waals surface area contributed by atoms with Crippen LogP contribution in [0.25, 0.3) is 10.2 Å². The summed E-state index contributed by atoms with van der Waals surface area (Å²) in [6, 6.07) is 5.08. The monoisotopic (exact) mass is 499 g/mol. The van der Waals surface area contributed by atoms with Crippen LogP contribution in [0.1, 0.15) is 47.6 Å². The van der Waals surface area contributed by atoms with E-state index in [-0.39, 0.29) is 30.7 Å². The van der Waals surface area contributed by atoms with Gasteiger partial charge in [0.1, 0.15) is 22.9 Å². The lowest BCUT2D eigenvalue weighted by Crippen LogP contribution is -2.23. The third-order valence-corrected chi connectivity index (χ3v) is 7.18. The van der Waals surface area contributed by atoms with Crippen LogP contribution in [0, 0.1) is 0 Å². The highest BCUT2D eigenvalue weighted by molar-refractivity contribution is 7.19. The summed E-state index contributed by atoms with van der Waals surface area (Å²) in [5.41, 5.74) is 2.23. The van der Waals surface area contributed by atoms with Crippen molar-refractivity contribution in [3.63, 3.8) is 0 Å². The topological polar surface area (TPSA) is 108 Å². The van der Waals surface area contributed by atoms with Gasteiger partial charge in [-0.05, 0) is 38.2 Å². The molecule has 2 heterocycles. The fraction of sp³-hybridized carbons (Fsp3) is 0.400. The second-order valence-electron chi connectivity index (χ2n) is 8.25. The van der Waals surface area contributed by atoms with E-state index in [9.17, 15) is 14.4 Å². The Morgan fingerprint density at radius 1 is 1.03 bits per heavy atom. The molecule has 0 aliphatic heterocycles. The molecule has 1 aliphatic carbocycles. The maximum absolute atomic E-state index is 13.2. The van der Waals surface area contributed by atoms with Crippen LogP contribution in [0.2, 0.25) is 0 Å². The van der Waals surface area contributed by atoms with Gasteiger partial charge in [-0.1, -0.05) is 0 Å². The molecule has 1 aromatic carbocycles. The summed E-state index contributed by atoms with van der Waals surface area (Å²) in [6.45, 7) is 3.16. The molecule has 0 bridgehead atoms. The molecule has 0 fully saturated rings. The highest BCUT2D eigenvalue weighted by Crippen LogP contribution is 2.44. The molecule has 35 heavy (non-hydrogen) atoms. The van der Waals surface area contributed by atoms with Gasteiger partial charge in [0.15, 0.2) is 5.69 Å². The van der Waals surface area contributed by atoms with Gasteiger partial charge in [0.2, 0.25) is 11.8 Å². The minimum atomic E-state index is -0.583. The number of fused-ring (bicyclic) bond motifs is 3.